The van der Waals surface area contributed by atoms with Crippen LogP contribution < -0.4 is 0 Å². The average molecular weight is 203 g/mol. The standard InChI is InChI=1S/C8H3N3O2.C2H6/c9-4-6-1-2-8(11(12)13)7(3-6)5-10;1-2/h1-3H;1-2H3. The Labute approximate surface area is 87.3 Å². The van der Waals surface area contributed by atoms with Gasteiger partial charge in [-0.1, -0.05) is 13.8 Å². The molecule has 0 fully saturated rings. The summed E-state index contributed by atoms with van der Waals surface area (Å²) in [6.45, 7) is 4.00. The lowest BCUT2D eigenvalue weighted by molar-refractivity contribution is -0.385. The Kier molecular flexibility index (Phi) is 5.14. The summed E-state index contributed by atoms with van der Waals surface area (Å²) < 4.78 is 0. The summed E-state index contributed by atoms with van der Waals surface area (Å²) in [5, 5.41) is 27.3. The Morgan fingerprint density at radius 1 is 1.27 bits per heavy atom. The molecule has 0 spiro atoms. The molecule has 0 aliphatic heterocycles. The Morgan fingerprint density at radius 3 is 2.27 bits per heavy atom. The Bertz CT molecular complexity index is 441. The van der Waals surface area contributed by atoms with Gasteiger partial charge in [0.1, 0.15) is 11.6 Å². The molecule has 0 unspecified atom stereocenters. The van der Waals surface area contributed by atoms with Gasteiger partial charge in [0, 0.05) is 6.07 Å². The first-order valence-corrected chi connectivity index (χ1v) is 4.27. The molecule has 0 amide bonds. The fraction of sp³-hybridized carbons (Fsp3) is 0.200. The number of hydrogen-bond acceptors (Lipinski definition) is 4. The van der Waals surface area contributed by atoms with Crippen molar-refractivity contribution in [2.75, 3.05) is 0 Å². The van der Waals surface area contributed by atoms with Crippen LogP contribution in [0.3, 0.4) is 0 Å². The van der Waals surface area contributed by atoms with Crippen LogP contribution in [0.2, 0.25) is 0 Å². The molecule has 0 heterocycles. The fourth-order valence-corrected chi connectivity index (χ4v) is 0.854. The zero-order valence-corrected chi connectivity index (χ0v) is 8.39. The molecule has 0 radical (unpaired) electrons. The molecule has 76 valence electrons. The average Bonchev–Trinajstić information content (AvgIpc) is 2.30. The number of hydrogen-bond donors (Lipinski definition) is 0. The van der Waals surface area contributed by atoms with Crippen molar-refractivity contribution < 1.29 is 4.92 Å². The number of rotatable bonds is 1. The third-order valence-electron chi connectivity index (χ3n) is 1.44. The minimum Gasteiger partial charge on any atom is -0.258 e. The molecule has 0 saturated heterocycles. The molecule has 0 bridgehead atoms. The van der Waals surface area contributed by atoms with Crippen LogP contribution in [-0.2, 0) is 0 Å². The molecule has 0 saturated carbocycles. The van der Waals surface area contributed by atoms with Crippen molar-refractivity contribution in [1.29, 1.82) is 10.5 Å². The number of nitro benzene ring substituents is 1. The summed E-state index contributed by atoms with van der Waals surface area (Å²) in [5.74, 6) is 0. The van der Waals surface area contributed by atoms with Crippen LogP contribution >= 0.6 is 0 Å². The normalized spacial score (nSPS) is 7.73. The van der Waals surface area contributed by atoms with Crippen LogP contribution in [0.25, 0.3) is 0 Å². The summed E-state index contributed by atoms with van der Waals surface area (Å²) in [6.07, 6.45) is 0. The van der Waals surface area contributed by atoms with E-state index in [4.69, 9.17) is 10.5 Å². The van der Waals surface area contributed by atoms with Gasteiger partial charge in [-0.3, -0.25) is 10.1 Å². The van der Waals surface area contributed by atoms with Crippen molar-refractivity contribution in [3.8, 4) is 12.1 Å². The first-order valence-electron chi connectivity index (χ1n) is 4.27. The molecule has 5 nitrogen and oxygen atoms in total. The van der Waals surface area contributed by atoms with Crippen molar-refractivity contribution in [2.45, 2.75) is 13.8 Å². The molecule has 0 N–H and O–H groups in total. The second-order valence-electron chi connectivity index (χ2n) is 2.21. The van der Waals surface area contributed by atoms with E-state index in [0.29, 0.717) is 0 Å². The number of nitriles is 2. The van der Waals surface area contributed by atoms with Crippen LogP contribution in [0.15, 0.2) is 18.2 Å². The van der Waals surface area contributed by atoms with Gasteiger partial charge < -0.3 is 0 Å². The molecular weight excluding hydrogens is 194 g/mol. The van der Waals surface area contributed by atoms with Crippen molar-refractivity contribution in [2.24, 2.45) is 0 Å². The van der Waals surface area contributed by atoms with Crippen LogP contribution in [0, 0.1) is 32.8 Å². The predicted molar refractivity (Wildman–Crippen MR) is 53.9 cm³/mol. The first-order chi connectivity index (χ1) is 7.19. The molecule has 0 aliphatic rings. The Hall–Kier alpha value is -2.40. The van der Waals surface area contributed by atoms with Crippen molar-refractivity contribution in [1.82, 2.24) is 0 Å². The van der Waals surface area contributed by atoms with E-state index in [1.165, 1.54) is 12.1 Å². The largest absolute Gasteiger partial charge is 0.287 e. The van der Waals surface area contributed by atoms with E-state index in [0.717, 1.165) is 6.07 Å². The fourth-order valence-electron chi connectivity index (χ4n) is 0.854. The highest BCUT2D eigenvalue weighted by molar-refractivity contribution is 5.52. The molecular formula is C10H9N3O2. The van der Waals surface area contributed by atoms with Gasteiger partial charge in [0.15, 0.2) is 0 Å². The number of nitrogens with zero attached hydrogens (tertiary/aromatic N) is 3. The zero-order chi connectivity index (χ0) is 11.8. The number of benzene rings is 1. The summed E-state index contributed by atoms with van der Waals surface area (Å²) >= 11 is 0. The van der Waals surface area contributed by atoms with Crippen LogP contribution in [0.5, 0.6) is 0 Å². The minimum atomic E-state index is -0.653. The van der Waals surface area contributed by atoms with Crippen molar-refractivity contribution in [3.63, 3.8) is 0 Å². The van der Waals surface area contributed by atoms with Gasteiger partial charge >= 0.3 is 0 Å². The third-order valence-corrected chi connectivity index (χ3v) is 1.44. The maximum atomic E-state index is 10.4. The van der Waals surface area contributed by atoms with Gasteiger partial charge in [-0.2, -0.15) is 10.5 Å². The van der Waals surface area contributed by atoms with Crippen LogP contribution in [0.4, 0.5) is 5.69 Å². The molecule has 0 atom stereocenters. The highest BCUT2D eigenvalue weighted by Gasteiger charge is 2.12. The van der Waals surface area contributed by atoms with Gasteiger partial charge in [0.25, 0.3) is 5.69 Å². The molecule has 1 aromatic rings. The van der Waals surface area contributed by atoms with Gasteiger partial charge in [0.05, 0.1) is 16.6 Å². The van der Waals surface area contributed by atoms with Crippen molar-refractivity contribution in [3.05, 3.63) is 39.4 Å². The lowest BCUT2D eigenvalue weighted by Gasteiger charge is -1.93. The second kappa shape index (κ2) is 6.11. The molecule has 1 rings (SSSR count). The van der Waals surface area contributed by atoms with Crippen molar-refractivity contribution >= 4 is 5.69 Å². The lowest BCUT2D eigenvalue weighted by Crippen LogP contribution is -1.92. The molecule has 0 aliphatic carbocycles. The molecule has 15 heavy (non-hydrogen) atoms. The van der Waals surface area contributed by atoms with E-state index in [1.54, 1.807) is 12.1 Å². The molecule has 1 aromatic carbocycles. The lowest BCUT2D eigenvalue weighted by atomic mass is 10.1. The molecule has 5 heteroatoms. The maximum Gasteiger partial charge on any atom is 0.287 e. The van der Waals surface area contributed by atoms with Crippen LogP contribution in [-0.4, -0.2) is 4.92 Å². The van der Waals surface area contributed by atoms with Gasteiger partial charge in [-0.05, 0) is 12.1 Å². The van der Waals surface area contributed by atoms with E-state index < -0.39 is 4.92 Å². The Balaban J connectivity index is 0.000000921. The zero-order valence-electron chi connectivity index (χ0n) is 8.39. The van der Waals surface area contributed by atoms with Gasteiger partial charge in [-0.25, -0.2) is 0 Å². The molecule has 0 aromatic heterocycles. The van der Waals surface area contributed by atoms with E-state index in [2.05, 4.69) is 0 Å². The SMILES string of the molecule is CC.N#Cc1ccc([N+](=O)[O-])c(C#N)c1. The summed E-state index contributed by atoms with van der Waals surface area (Å²) in [4.78, 5) is 9.70. The predicted octanol–water partition coefficient (Wildman–Crippen LogP) is 2.36. The first kappa shape index (κ1) is 12.6. The highest BCUT2D eigenvalue weighted by atomic mass is 16.6. The summed E-state index contributed by atoms with van der Waals surface area (Å²) in [6, 6.07) is 7.10. The van der Waals surface area contributed by atoms with E-state index in [9.17, 15) is 10.1 Å². The van der Waals surface area contributed by atoms with Gasteiger partial charge in [-0.15, -0.1) is 0 Å². The summed E-state index contributed by atoms with van der Waals surface area (Å²) in [7, 11) is 0. The maximum absolute atomic E-state index is 10.4. The highest BCUT2D eigenvalue weighted by Crippen LogP contribution is 2.18. The van der Waals surface area contributed by atoms with Crippen LogP contribution in [0.1, 0.15) is 25.0 Å². The number of nitro groups is 1. The summed E-state index contributed by atoms with van der Waals surface area (Å²) in [5.41, 5.74) is -0.132. The monoisotopic (exact) mass is 203 g/mol. The topological polar surface area (TPSA) is 90.7 Å². The quantitative estimate of drug-likeness (QED) is 0.517. The smallest absolute Gasteiger partial charge is 0.258 e. The Morgan fingerprint density at radius 2 is 1.87 bits per heavy atom. The van der Waals surface area contributed by atoms with E-state index in [-0.39, 0.29) is 16.8 Å². The third kappa shape index (κ3) is 3.09. The van der Waals surface area contributed by atoms with Gasteiger partial charge in [0.2, 0.25) is 0 Å². The minimum absolute atomic E-state index is 0.0935. The van der Waals surface area contributed by atoms with E-state index in [1.807, 2.05) is 13.8 Å². The van der Waals surface area contributed by atoms with E-state index >= 15 is 0 Å². The second-order valence-corrected chi connectivity index (χ2v) is 2.21.